The number of aliphatic hydroxyl groups is 1. The zero-order valence-electron chi connectivity index (χ0n) is 13.2. The first-order valence-corrected chi connectivity index (χ1v) is 7.55. The second-order valence-corrected chi connectivity index (χ2v) is 6.29. The smallest absolute Gasteiger partial charge is 0.260 e. The lowest BCUT2D eigenvalue weighted by Crippen LogP contribution is -2.43. The number of amides is 1. The number of likely N-dealkylation sites (N-methyl/N-ethyl adjacent to an activating group) is 1. The van der Waals surface area contributed by atoms with Gasteiger partial charge in [-0.3, -0.25) is 4.79 Å². The average Bonchev–Trinajstić information content (AvgIpc) is 2.81. The minimum absolute atomic E-state index is 0.00940. The molecule has 1 N–H and O–H groups in total. The molecule has 1 aliphatic carbocycles. The van der Waals surface area contributed by atoms with Gasteiger partial charge in [-0.05, 0) is 49.9 Å². The molecule has 1 amide bonds. The molecule has 4 nitrogen and oxygen atoms in total. The normalized spacial score (nSPS) is 16.8. The standard InChI is InChI=1S/C17H25NO3/c1-13-8-14(2)10-15(9-13)21-11-16(19)18(3)12-17(20)6-4-5-7-17/h8-10,20H,4-7,11-12H2,1-3H3. The Morgan fingerprint density at radius 1 is 1.24 bits per heavy atom. The zero-order chi connectivity index (χ0) is 15.5. The summed E-state index contributed by atoms with van der Waals surface area (Å²) >= 11 is 0. The van der Waals surface area contributed by atoms with Gasteiger partial charge in [-0.15, -0.1) is 0 Å². The van der Waals surface area contributed by atoms with Crippen LogP contribution in [0.15, 0.2) is 18.2 Å². The van der Waals surface area contributed by atoms with Crippen molar-refractivity contribution in [1.82, 2.24) is 4.90 Å². The molecule has 21 heavy (non-hydrogen) atoms. The van der Waals surface area contributed by atoms with Crippen molar-refractivity contribution in [2.45, 2.75) is 45.1 Å². The lowest BCUT2D eigenvalue weighted by Gasteiger charge is -2.28. The van der Waals surface area contributed by atoms with Crippen LogP contribution < -0.4 is 4.74 Å². The molecule has 0 heterocycles. The second kappa shape index (κ2) is 6.48. The first-order chi connectivity index (χ1) is 9.88. The molecule has 0 aliphatic heterocycles. The van der Waals surface area contributed by atoms with E-state index in [0.717, 1.165) is 36.8 Å². The maximum Gasteiger partial charge on any atom is 0.260 e. The molecule has 1 saturated carbocycles. The Balaban J connectivity index is 1.86. The van der Waals surface area contributed by atoms with Crippen molar-refractivity contribution in [3.05, 3.63) is 29.3 Å². The Morgan fingerprint density at radius 2 is 1.81 bits per heavy atom. The van der Waals surface area contributed by atoms with Crippen LogP contribution in [0.2, 0.25) is 0 Å². The number of carbonyl (C=O) groups is 1. The first-order valence-electron chi connectivity index (χ1n) is 7.55. The molecular weight excluding hydrogens is 266 g/mol. The van der Waals surface area contributed by atoms with Crippen LogP contribution in [0.4, 0.5) is 0 Å². The summed E-state index contributed by atoms with van der Waals surface area (Å²) in [5.74, 6) is 0.614. The molecule has 0 bridgehead atoms. The Kier molecular flexibility index (Phi) is 4.88. The van der Waals surface area contributed by atoms with Crippen LogP contribution in [0.1, 0.15) is 36.8 Å². The number of aryl methyl sites for hydroxylation is 2. The minimum atomic E-state index is -0.704. The highest BCUT2D eigenvalue weighted by Gasteiger charge is 2.33. The highest BCUT2D eigenvalue weighted by Crippen LogP contribution is 2.29. The summed E-state index contributed by atoms with van der Waals surface area (Å²) in [6.45, 7) is 4.41. The molecule has 1 aromatic carbocycles. The molecule has 1 aromatic rings. The first kappa shape index (κ1) is 15.8. The van der Waals surface area contributed by atoms with E-state index in [9.17, 15) is 9.90 Å². The van der Waals surface area contributed by atoms with Crippen LogP contribution in [0, 0.1) is 13.8 Å². The highest BCUT2D eigenvalue weighted by molar-refractivity contribution is 5.77. The van der Waals surface area contributed by atoms with Crippen LogP contribution in [-0.4, -0.2) is 41.7 Å². The predicted octanol–water partition coefficient (Wildman–Crippen LogP) is 2.45. The van der Waals surface area contributed by atoms with Gasteiger partial charge in [0.25, 0.3) is 5.91 Å². The van der Waals surface area contributed by atoms with Gasteiger partial charge in [0.15, 0.2) is 6.61 Å². The number of carbonyl (C=O) groups excluding carboxylic acids is 1. The van der Waals surface area contributed by atoms with Crippen molar-refractivity contribution in [3.8, 4) is 5.75 Å². The molecule has 116 valence electrons. The van der Waals surface area contributed by atoms with Gasteiger partial charge in [-0.25, -0.2) is 0 Å². The number of nitrogens with zero attached hydrogens (tertiary/aromatic N) is 1. The van der Waals surface area contributed by atoms with Gasteiger partial charge in [0.2, 0.25) is 0 Å². The number of benzene rings is 1. The highest BCUT2D eigenvalue weighted by atomic mass is 16.5. The van der Waals surface area contributed by atoms with Crippen LogP contribution in [0.5, 0.6) is 5.75 Å². The van der Waals surface area contributed by atoms with Crippen molar-refractivity contribution in [3.63, 3.8) is 0 Å². The molecule has 0 saturated heterocycles. The third-order valence-corrected chi connectivity index (χ3v) is 4.05. The van der Waals surface area contributed by atoms with Gasteiger partial charge in [0, 0.05) is 13.6 Å². The SMILES string of the molecule is Cc1cc(C)cc(OCC(=O)N(C)CC2(O)CCCC2)c1. The van der Waals surface area contributed by atoms with E-state index in [1.54, 1.807) is 11.9 Å². The van der Waals surface area contributed by atoms with Gasteiger partial charge >= 0.3 is 0 Å². The Morgan fingerprint density at radius 3 is 2.38 bits per heavy atom. The number of rotatable bonds is 5. The van der Waals surface area contributed by atoms with Crippen molar-refractivity contribution >= 4 is 5.91 Å². The molecule has 4 heteroatoms. The van der Waals surface area contributed by atoms with Crippen molar-refractivity contribution < 1.29 is 14.6 Å². The summed E-state index contributed by atoms with van der Waals surface area (Å²) in [5.41, 5.74) is 1.53. The van der Waals surface area contributed by atoms with E-state index in [1.807, 2.05) is 26.0 Å². The molecule has 1 fully saturated rings. The lowest BCUT2D eigenvalue weighted by molar-refractivity contribution is -0.135. The van der Waals surface area contributed by atoms with Gasteiger partial charge < -0.3 is 14.7 Å². The summed E-state index contributed by atoms with van der Waals surface area (Å²) in [6.07, 6.45) is 3.64. The maximum absolute atomic E-state index is 12.1. The van der Waals surface area contributed by atoms with Crippen molar-refractivity contribution in [2.75, 3.05) is 20.2 Å². The third kappa shape index (κ3) is 4.46. The van der Waals surface area contributed by atoms with E-state index in [0.29, 0.717) is 12.3 Å². The van der Waals surface area contributed by atoms with Crippen LogP contribution in [0.25, 0.3) is 0 Å². The summed E-state index contributed by atoms with van der Waals surface area (Å²) in [5, 5.41) is 10.3. The van der Waals surface area contributed by atoms with Gasteiger partial charge in [-0.1, -0.05) is 18.9 Å². The molecular formula is C17H25NO3. The third-order valence-electron chi connectivity index (χ3n) is 4.05. The summed E-state index contributed by atoms with van der Waals surface area (Å²) in [4.78, 5) is 13.7. The number of ether oxygens (including phenoxy) is 1. The Bertz CT molecular complexity index is 487. The summed E-state index contributed by atoms with van der Waals surface area (Å²) in [6, 6.07) is 5.91. The fourth-order valence-electron chi connectivity index (χ4n) is 2.99. The Hall–Kier alpha value is -1.55. The molecule has 0 unspecified atom stereocenters. The van der Waals surface area contributed by atoms with E-state index >= 15 is 0 Å². The topological polar surface area (TPSA) is 49.8 Å². The van der Waals surface area contributed by atoms with Gasteiger partial charge in [0.1, 0.15) is 5.75 Å². The number of hydrogen-bond acceptors (Lipinski definition) is 3. The van der Waals surface area contributed by atoms with Crippen molar-refractivity contribution in [2.24, 2.45) is 0 Å². The monoisotopic (exact) mass is 291 g/mol. The van der Waals surface area contributed by atoms with Crippen molar-refractivity contribution in [1.29, 1.82) is 0 Å². The quantitative estimate of drug-likeness (QED) is 0.906. The maximum atomic E-state index is 12.1. The van der Waals surface area contributed by atoms with E-state index in [2.05, 4.69) is 6.07 Å². The van der Waals surface area contributed by atoms with Crippen LogP contribution in [-0.2, 0) is 4.79 Å². The summed E-state index contributed by atoms with van der Waals surface area (Å²) in [7, 11) is 1.73. The largest absolute Gasteiger partial charge is 0.484 e. The zero-order valence-corrected chi connectivity index (χ0v) is 13.2. The molecule has 0 radical (unpaired) electrons. The van der Waals surface area contributed by atoms with E-state index in [4.69, 9.17) is 4.74 Å². The van der Waals surface area contributed by atoms with Crippen LogP contribution >= 0.6 is 0 Å². The van der Waals surface area contributed by atoms with Crippen LogP contribution in [0.3, 0.4) is 0 Å². The molecule has 1 aliphatic rings. The second-order valence-electron chi connectivity index (χ2n) is 6.29. The molecule has 2 rings (SSSR count). The molecule has 0 aromatic heterocycles. The van der Waals surface area contributed by atoms with E-state index < -0.39 is 5.60 Å². The molecule has 0 spiro atoms. The molecule has 0 atom stereocenters. The lowest BCUT2D eigenvalue weighted by atomic mass is 10.0. The summed E-state index contributed by atoms with van der Waals surface area (Å²) < 4.78 is 5.58. The fraction of sp³-hybridized carbons (Fsp3) is 0.588. The van der Waals surface area contributed by atoms with Gasteiger partial charge in [-0.2, -0.15) is 0 Å². The van der Waals surface area contributed by atoms with Gasteiger partial charge in [0.05, 0.1) is 5.60 Å². The van der Waals surface area contributed by atoms with E-state index in [1.165, 1.54) is 0 Å². The number of hydrogen-bond donors (Lipinski definition) is 1. The fourth-order valence-corrected chi connectivity index (χ4v) is 2.99. The predicted molar refractivity (Wildman–Crippen MR) is 82.5 cm³/mol. The Labute approximate surface area is 126 Å². The minimum Gasteiger partial charge on any atom is -0.484 e. The average molecular weight is 291 g/mol. The van der Waals surface area contributed by atoms with E-state index in [-0.39, 0.29) is 12.5 Å².